The lowest BCUT2D eigenvalue weighted by Crippen LogP contribution is -2.48. The first-order chi connectivity index (χ1) is 14.0. The molecular formula is C23H33N3O2S. The number of hydrogen-bond acceptors (Lipinski definition) is 5. The van der Waals surface area contributed by atoms with Crippen LogP contribution in [0, 0.1) is 17.8 Å². The van der Waals surface area contributed by atoms with Gasteiger partial charge in [0.2, 0.25) is 5.91 Å². The average molecular weight is 416 g/mol. The molecule has 6 heteroatoms. The second-order valence-electron chi connectivity index (χ2n) is 8.70. The van der Waals surface area contributed by atoms with E-state index in [0.29, 0.717) is 24.5 Å². The fraction of sp³-hybridized carbons (Fsp3) is 0.652. The normalized spacial score (nSPS) is 25.9. The van der Waals surface area contributed by atoms with Gasteiger partial charge in [-0.15, -0.1) is 0 Å². The lowest BCUT2D eigenvalue weighted by atomic mass is 9.78. The molecule has 1 amide bonds. The van der Waals surface area contributed by atoms with Crippen LogP contribution in [0.15, 0.2) is 18.2 Å². The Kier molecular flexibility index (Phi) is 6.28. The zero-order valence-electron chi connectivity index (χ0n) is 17.8. The molecule has 1 aliphatic carbocycles. The molecule has 1 aliphatic heterocycles. The first-order valence-electron chi connectivity index (χ1n) is 11.1. The summed E-state index contributed by atoms with van der Waals surface area (Å²) in [5.41, 5.74) is 1.02. The molecule has 1 saturated carbocycles. The van der Waals surface area contributed by atoms with Gasteiger partial charge in [0, 0.05) is 25.0 Å². The Morgan fingerprint density at radius 3 is 2.79 bits per heavy atom. The summed E-state index contributed by atoms with van der Waals surface area (Å²) in [6, 6.07) is 6.45. The van der Waals surface area contributed by atoms with Crippen molar-refractivity contribution in [3.05, 3.63) is 18.2 Å². The van der Waals surface area contributed by atoms with E-state index >= 15 is 0 Å². The van der Waals surface area contributed by atoms with Crippen LogP contribution in [0.2, 0.25) is 0 Å². The summed E-state index contributed by atoms with van der Waals surface area (Å²) in [7, 11) is 0. The molecule has 1 N–H and O–H groups in total. The third-order valence-corrected chi connectivity index (χ3v) is 7.91. The summed E-state index contributed by atoms with van der Waals surface area (Å²) in [5.74, 6) is 2.59. The van der Waals surface area contributed by atoms with Gasteiger partial charge in [-0.2, -0.15) is 0 Å². The highest BCUT2D eigenvalue weighted by Crippen LogP contribution is 2.34. The summed E-state index contributed by atoms with van der Waals surface area (Å²) in [5, 5.41) is 4.44. The van der Waals surface area contributed by atoms with E-state index in [1.54, 1.807) is 11.3 Å². The van der Waals surface area contributed by atoms with Crippen molar-refractivity contribution in [1.82, 2.24) is 10.3 Å². The molecule has 1 saturated heterocycles. The number of carbonyl (C=O) groups is 1. The third-order valence-electron chi connectivity index (χ3n) is 6.83. The molecule has 2 aliphatic rings. The van der Waals surface area contributed by atoms with Crippen molar-refractivity contribution in [2.75, 3.05) is 24.6 Å². The molecule has 2 aromatic rings. The third kappa shape index (κ3) is 4.52. The fourth-order valence-corrected chi connectivity index (χ4v) is 5.75. The summed E-state index contributed by atoms with van der Waals surface area (Å²) >= 11 is 1.72. The Bertz CT molecular complexity index is 844. The van der Waals surface area contributed by atoms with Crippen molar-refractivity contribution >= 4 is 32.6 Å². The first kappa shape index (κ1) is 20.5. The number of rotatable bonds is 5. The lowest BCUT2D eigenvalue weighted by Gasteiger charge is -2.37. The van der Waals surface area contributed by atoms with E-state index < -0.39 is 0 Å². The Morgan fingerprint density at radius 2 is 2.03 bits per heavy atom. The van der Waals surface area contributed by atoms with Crippen LogP contribution in [0.3, 0.4) is 0 Å². The van der Waals surface area contributed by atoms with Gasteiger partial charge in [-0.1, -0.05) is 38.0 Å². The topological polar surface area (TPSA) is 54.5 Å². The van der Waals surface area contributed by atoms with Crippen LogP contribution in [0.1, 0.15) is 52.9 Å². The number of amides is 1. The van der Waals surface area contributed by atoms with E-state index in [9.17, 15) is 4.79 Å². The van der Waals surface area contributed by atoms with Gasteiger partial charge >= 0.3 is 0 Å². The zero-order chi connectivity index (χ0) is 20.4. The summed E-state index contributed by atoms with van der Waals surface area (Å²) in [6.45, 7) is 9.07. The predicted octanol–water partition coefficient (Wildman–Crippen LogP) is 4.85. The largest absolute Gasteiger partial charge is 0.494 e. The number of piperidine rings is 1. The van der Waals surface area contributed by atoms with Crippen molar-refractivity contribution in [3.8, 4) is 5.75 Å². The maximum atomic E-state index is 12.8. The molecule has 0 unspecified atom stereocenters. The van der Waals surface area contributed by atoms with Crippen LogP contribution in [0.25, 0.3) is 10.2 Å². The number of nitrogens with zero attached hydrogens (tertiary/aromatic N) is 2. The van der Waals surface area contributed by atoms with Crippen LogP contribution < -0.4 is 15.0 Å². The smallest absolute Gasteiger partial charge is 0.223 e. The molecule has 4 rings (SSSR count). The van der Waals surface area contributed by atoms with Gasteiger partial charge in [0.25, 0.3) is 0 Å². The zero-order valence-corrected chi connectivity index (χ0v) is 18.6. The number of ether oxygens (including phenoxy) is 1. The molecular weight excluding hydrogens is 382 g/mol. The van der Waals surface area contributed by atoms with Crippen molar-refractivity contribution in [2.24, 2.45) is 17.8 Å². The lowest BCUT2D eigenvalue weighted by molar-refractivity contribution is -0.127. The minimum atomic E-state index is 0.134. The Balaban J connectivity index is 1.34. The molecule has 5 nitrogen and oxygen atoms in total. The molecule has 0 bridgehead atoms. The van der Waals surface area contributed by atoms with Crippen LogP contribution in [-0.4, -0.2) is 36.6 Å². The predicted molar refractivity (Wildman–Crippen MR) is 120 cm³/mol. The van der Waals surface area contributed by atoms with Gasteiger partial charge in [0.15, 0.2) is 5.13 Å². The van der Waals surface area contributed by atoms with E-state index in [2.05, 4.69) is 30.1 Å². The fourth-order valence-electron chi connectivity index (χ4n) is 4.70. The van der Waals surface area contributed by atoms with Crippen molar-refractivity contribution in [1.29, 1.82) is 0 Å². The summed E-state index contributed by atoms with van der Waals surface area (Å²) in [6.07, 6.45) is 5.47. The van der Waals surface area contributed by atoms with Crippen LogP contribution in [0.5, 0.6) is 5.75 Å². The van der Waals surface area contributed by atoms with Gasteiger partial charge in [-0.05, 0) is 56.2 Å². The van der Waals surface area contributed by atoms with Gasteiger partial charge in [0.05, 0.1) is 16.8 Å². The number of fused-ring (bicyclic) bond motifs is 1. The SMILES string of the molecule is CCOc1ccc2nc(N3CCC(C(=O)N[C@@H]4CCC[C@@H](C)[C@H]4C)CC3)sc2c1. The maximum absolute atomic E-state index is 12.8. The molecule has 0 radical (unpaired) electrons. The highest BCUT2D eigenvalue weighted by Gasteiger charge is 2.32. The van der Waals surface area contributed by atoms with Gasteiger partial charge in [-0.3, -0.25) is 4.79 Å². The Morgan fingerprint density at radius 1 is 1.24 bits per heavy atom. The number of nitrogens with one attached hydrogen (secondary N) is 1. The standard InChI is InChI=1S/C23H33N3O2S/c1-4-28-18-8-9-20-21(14-18)29-23(25-20)26-12-10-17(11-13-26)22(27)24-19-7-5-6-15(2)16(19)3/h8-9,14-17,19H,4-7,10-13H2,1-3H3,(H,24,27)/t15-,16-,19-/m1/s1. The van der Waals surface area contributed by atoms with Gasteiger partial charge < -0.3 is 15.0 Å². The van der Waals surface area contributed by atoms with Gasteiger partial charge in [-0.25, -0.2) is 4.98 Å². The average Bonchev–Trinajstić information content (AvgIpc) is 3.15. The molecule has 158 valence electrons. The van der Waals surface area contributed by atoms with Crippen molar-refractivity contribution in [2.45, 2.75) is 58.9 Å². The van der Waals surface area contributed by atoms with Crippen LogP contribution in [0.4, 0.5) is 5.13 Å². The maximum Gasteiger partial charge on any atom is 0.223 e. The highest BCUT2D eigenvalue weighted by molar-refractivity contribution is 7.22. The first-order valence-corrected chi connectivity index (χ1v) is 12.0. The number of carbonyl (C=O) groups excluding carboxylic acids is 1. The molecule has 1 aromatic heterocycles. The molecule has 29 heavy (non-hydrogen) atoms. The number of hydrogen-bond donors (Lipinski definition) is 1. The number of thiazole rings is 1. The number of anilines is 1. The molecule has 2 heterocycles. The number of benzene rings is 1. The minimum absolute atomic E-state index is 0.134. The number of aromatic nitrogens is 1. The molecule has 2 fully saturated rings. The van der Waals surface area contributed by atoms with E-state index in [0.717, 1.165) is 53.4 Å². The van der Waals surface area contributed by atoms with Crippen molar-refractivity contribution < 1.29 is 9.53 Å². The molecule has 1 aromatic carbocycles. The quantitative estimate of drug-likeness (QED) is 0.758. The van der Waals surface area contributed by atoms with E-state index in [1.807, 2.05) is 19.1 Å². The van der Waals surface area contributed by atoms with Crippen molar-refractivity contribution in [3.63, 3.8) is 0 Å². The van der Waals surface area contributed by atoms with E-state index in [1.165, 1.54) is 12.8 Å². The highest BCUT2D eigenvalue weighted by atomic mass is 32.1. The Labute approximate surface area is 177 Å². The second kappa shape index (κ2) is 8.90. The van der Waals surface area contributed by atoms with E-state index in [-0.39, 0.29) is 11.8 Å². The summed E-state index contributed by atoms with van der Waals surface area (Å²) in [4.78, 5) is 20.0. The molecule has 3 atom stereocenters. The second-order valence-corrected chi connectivity index (χ2v) is 9.71. The van der Waals surface area contributed by atoms with Crippen LogP contribution >= 0.6 is 11.3 Å². The van der Waals surface area contributed by atoms with Gasteiger partial charge in [0.1, 0.15) is 5.75 Å². The summed E-state index contributed by atoms with van der Waals surface area (Å²) < 4.78 is 6.76. The monoisotopic (exact) mass is 415 g/mol. The minimum Gasteiger partial charge on any atom is -0.494 e. The Hall–Kier alpha value is -1.82. The van der Waals surface area contributed by atoms with Crippen LogP contribution in [-0.2, 0) is 4.79 Å². The van der Waals surface area contributed by atoms with E-state index in [4.69, 9.17) is 9.72 Å². The molecule has 0 spiro atoms.